The van der Waals surface area contributed by atoms with Gasteiger partial charge in [-0.2, -0.15) is 13.2 Å². The Kier molecular flexibility index (Phi) is 8.31. The zero-order chi connectivity index (χ0) is 32.1. The topological polar surface area (TPSA) is 73.2 Å². The van der Waals surface area contributed by atoms with E-state index in [0.29, 0.717) is 32.2 Å². The maximum absolute atomic E-state index is 15.0. The van der Waals surface area contributed by atoms with Crippen molar-refractivity contribution < 1.29 is 31.1 Å². The number of aromatic nitrogens is 2. The lowest BCUT2D eigenvalue weighted by Gasteiger charge is -2.51. The van der Waals surface area contributed by atoms with Crippen LogP contribution < -0.4 is 10.9 Å². The van der Waals surface area contributed by atoms with Gasteiger partial charge in [-0.1, -0.05) is 12.8 Å². The first-order valence-electron chi connectivity index (χ1n) is 15.1. The van der Waals surface area contributed by atoms with Crippen LogP contribution in [0.3, 0.4) is 0 Å². The Morgan fingerprint density at radius 2 is 1.78 bits per heavy atom. The number of alkyl halides is 3. The molecule has 4 heterocycles. The van der Waals surface area contributed by atoms with Crippen LogP contribution >= 0.6 is 0 Å². The van der Waals surface area contributed by atoms with Crippen molar-refractivity contribution in [3.8, 4) is 0 Å². The van der Waals surface area contributed by atoms with Gasteiger partial charge in [-0.3, -0.25) is 14.1 Å². The van der Waals surface area contributed by atoms with Crippen LogP contribution in [0.5, 0.6) is 0 Å². The van der Waals surface area contributed by atoms with Crippen LogP contribution in [0.15, 0.2) is 41.3 Å². The Labute approximate surface area is 255 Å². The number of nitrogens with zero attached hydrogens (tertiary/aromatic N) is 5. The zero-order valence-electron chi connectivity index (χ0n) is 24.7. The molecule has 1 spiro atoms. The summed E-state index contributed by atoms with van der Waals surface area (Å²) in [6.45, 7) is 0.480. The molecule has 1 aromatic carbocycles. The third kappa shape index (κ3) is 5.89. The number of urea groups is 1. The zero-order valence-corrected chi connectivity index (χ0v) is 24.7. The van der Waals surface area contributed by atoms with Gasteiger partial charge in [0.2, 0.25) is 0 Å². The summed E-state index contributed by atoms with van der Waals surface area (Å²) in [5.74, 6) is -2.00. The second-order valence-electron chi connectivity index (χ2n) is 12.3. The molecular formula is C31H34F6N6O2. The van der Waals surface area contributed by atoms with Crippen molar-refractivity contribution in [1.29, 1.82) is 0 Å². The number of piperidine rings is 1. The monoisotopic (exact) mass is 636 g/mol. The van der Waals surface area contributed by atoms with Gasteiger partial charge in [0.15, 0.2) is 5.69 Å². The Morgan fingerprint density at radius 1 is 1.04 bits per heavy atom. The number of halogens is 6. The van der Waals surface area contributed by atoms with Gasteiger partial charge in [0.05, 0.1) is 11.6 Å². The van der Waals surface area contributed by atoms with Crippen LogP contribution in [0.1, 0.15) is 61.4 Å². The highest BCUT2D eigenvalue weighted by molar-refractivity contribution is 5.75. The third-order valence-corrected chi connectivity index (χ3v) is 9.67. The largest absolute Gasteiger partial charge is 0.433 e. The number of carbonyl (C=O) groups is 1. The molecule has 0 radical (unpaired) electrons. The molecule has 1 N–H and O–H groups in total. The minimum Gasteiger partial charge on any atom is -0.321 e. The van der Waals surface area contributed by atoms with Crippen LogP contribution in [0.2, 0.25) is 0 Å². The van der Waals surface area contributed by atoms with Crippen molar-refractivity contribution in [3.05, 3.63) is 81.2 Å². The molecule has 8 nitrogen and oxygen atoms in total. The second-order valence-corrected chi connectivity index (χ2v) is 12.3. The highest BCUT2D eigenvalue weighted by Gasteiger charge is 2.48. The van der Waals surface area contributed by atoms with Crippen LogP contribution in [0.25, 0.3) is 5.65 Å². The summed E-state index contributed by atoms with van der Waals surface area (Å²) >= 11 is 0. The first-order valence-corrected chi connectivity index (χ1v) is 15.1. The Balaban J connectivity index is 1.30. The molecule has 6 rings (SSSR count). The molecule has 0 bridgehead atoms. The molecular weight excluding hydrogens is 602 g/mol. The Morgan fingerprint density at radius 3 is 2.49 bits per heavy atom. The number of nitrogens with one attached hydrogen (secondary N) is 1. The first-order chi connectivity index (χ1) is 21.4. The van der Waals surface area contributed by atoms with Gasteiger partial charge in [0.25, 0.3) is 5.56 Å². The van der Waals surface area contributed by atoms with E-state index in [-0.39, 0.29) is 49.5 Å². The number of fused-ring (bicyclic) bond motifs is 1. The van der Waals surface area contributed by atoms with E-state index in [2.05, 4.69) is 10.3 Å². The number of hydrogen-bond acceptors (Lipinski definition) is 5. The van der Waals surface area contributed by atoms with Crippen molar-refractivity contribution >= 4 is 11.7 Å². The van der Waals surface area contributed by atoms with Gasteiger partial charge in [-0.15, -0.1) is 0 Å². The Bertz CT molecular complexity index is 1660. The molecule has 3 aliphatic rings. The lowest BCUT2D eigenvalue weighted by molar-refractivity contribution is -0.142. The van der Waals surface area contributed by atoms with Crippen LogP contribution in [0, 0.1) is 17.5 Å². The fourth-order valence-electron chi connectivity index (χ4n) is 7.35. The molecule has 45 heavy (non-hydrogen) atoms. The number of amides is 2. The van der Waals surface area contributed by atoms with E-state index < -0.39 is 52.0 Å². The summed E-state index contributed by atoms with van der Waals surface area (Å²) in [7, 11) is 1.78. The van der Waals surface area contributed by atoms with Gasteiger partial charge in [-0.05, 0) is 63.1 Å². The summed E-state index contributed by atoms with van der Waals surface area (Å²) in [6, 6.07) is 4.11. The van der Waals surface area contributed by atoms with E-state index in [1.54, 1.807) is 16.8 Å². The molecule has 0 unspecified atom stereocenters. The predicted octanol–water partition coefficient (Wildman–Crippen LogP) is 5.11. The van der Waals surface area contributed by atoms with Crippen molar-refractivity contribution in [2.75, 3.05) is 33.2 Å². The summed E-state index contributed by atoms with van der Waals surface area (Å²) in [5.41, 5.74) is -3.79. The van der Waals surface area contributed by atoms with E-state index in [9.17, 15) is 35.9 Å². The Hall–Kier alpha value is -3.65. The van der Waals surface area contributed by atoms with E-state index >= 15 is 0 Å². The second kappa shape index (κ2) is 11.9. The van der Waals surface area contributed by atoms with E-state index in [4.69, 9.17) is 0 Å². The molecule has 242 valence electrons. The maximum atomic E-state index is 15.0. The lowest BCUT2D eigenvalue weighted by atomic mass is 9.90. The van der Waals surface area contributed by atoms with E-state index in [1.165, 1.54) is 0 Å². The van der Waals surface area contributed by atoms with Gasteiger partial charge in [0, 0.05) is 56.1 Å². The molecule has 3 fully saturated rings. The number of piperazine rings is 1. The molecule has 1 aliphatic carbocycles. The molecule has 3 aromatic rings. The summed E-state index contributed by atoms with van der Waals surface area (Å²) in [6.07, 6.45) is -0.332. The maximum Gasteiger partial charge on any atom is 0.433 e. The van der Waals surface area contributed by atoms with Crippen molar-refractivity contribution in [2.24, 2.45) is 0 Å². The average molecular weight is 637 g/mol. The first kappa shape index (κ1) is 31.3. The van der Waals surface area contributed by atoms with E-state index in [0.717, 1.165) is 53.8 Å². The van der Waals surface area contributed by atoms with Crippen molar-refractivity contribution in [1.82, 2.24) is 29.4 Å². The van der Waals surface area contributed by atoms with Gasteiger partial charge < -0.3 is 15.1 Å². The highest BCUT2D eigenvalue weighted by Crippen LogP contribution is 2.41. The van der Waals surface area contributed by atoms with Gasteiger partial charge in [0.1, 0.15) is 23.1 Å². The number of pyridine rings is 1. The number of benzene rings is 1. The SMILES string of the molecule is CN[C@@H]1CCN(C(=O)N2CCN(Cc3c(C(F)(F)F)nc4ccc(F)cn4c3=O)C3(CCCC3)C2)[C@H](c2cc(F)ccc2F)C1. The molecule has 1 saturated carbocycles. The van der Waals surface area contributed by atoms with Gasteiger partial charge >= 0.3 is 12.2 Å². The minimum atomic E-state index is -4.92. The molecule has 2 aromatic heterocycles. The van der Waals surface area contributed by atoms with Crippen molar-refractivity contribution in [3.63, 3.8) is 0 Å². The van der Waals surface area contributed by atoms with Gasteiger partial charge in [-0.25, -0.2) is 22.9 Å². The molecule has 2 amide bonds. The standard InChI is InChI=1S/C31H34F6N6O2/c1-38-21-8-11-42(25(15-21)22-14-19(32)4-6-24(22)34)29(45)40-12-13-41(30(18-40)9-2-3-10-30)17-23-27(31(35,36)37)39-26-7-5-20(33)16-43(26)28(23)44/h4-7,14,16,21,25,38H,2-3,8-13,15,17-18H2,1H3/t21-,25+/m1/s1. The molecule has 2 saturated heterocycles. The normalized spacial score (nSPS) is 22.5. The summed E-state index contributed by atoms with van der Waals surface area (Å²) in [4.78, 5) is 36.2. The van der Waals surface area contributed by atoms with Crippen LogP contribution in [-0.4, -0.2) is 74.9 Å². The average Bonchev–Trinajstić information content (AvgIpc) is 3.48. The van der Waals surface area contributed by atoms with Crippen molar-refractivity contribution in [2.45, 2.75) is 68.9 Å². The summed E-state index contributed by atoms with van der Waals surface area (Å²) in [5, 5.41) is 3.17. The van der Waals surface area contributed by atoms with Crippen LogP contribution in [-0.2, 0) is 12.7 Å². The molecule has 2 atom stereocenters. The number of likely N-dealkylation sites (tertiary alicyclic amines) is 1. The predicted molar refractivity (Wildman–Crippen MR) is 153 cm³/mol. The quantitative estimate of drug-likeness (QED) is 0.404. The number of rotatable bonds is 4. The minimum absolute atomic E-state index is 0.00855. The fraction of sp³-hybridized carbons (Fsp3) is 0.516. The summed E-state index contributed by atoms with van der Waals surface area (Å²) < 4.78 is 86.5. The number of hydrogen-bond donors (Lipinski definition) is 1. The van der Waals surface area contributed by atoms with Crippen LogP contribution in [0.4, 0.5) is 31.1 Å². The smallest absolute Gasteiger partial charge is 0.321 e. The number of carbonyl (C=O) groups excluding carboxylic acids is 1. The molecule has 14 heteroatoms. The third-order valence-electron chi connectivity index (χ3n) is 9.67. The molecule has 2 aliphatic heterocycles. The highest BCUT2D eigenvalue weighted by atomic mass is 19.4. The van der Waals surface area contributed by atoms with E-state index in [1.807, 2.05) is 4.90 Å². The lowest BCUT2D eigenvalue weighted by Crippen LogP contribution is -2.64. The fourth-order valence-corrected chi connectivity index (χ4v) is 7.35.